The molecule has 0 saturated carbocycles. The van der Waals surface area contributed by atoms with Gasteiger partial charge in [0.25, 0.3) is 0 Å². The second kappa shape index (κ2) is 6.74. The zero-order valence-electron chi connectivity index (χ0n) is 12.2. The Morgan fingerprint density at radius 1 is 1.05 bits per heavy atom. The van der Waals surface area contributed by atoms with E-state index in [0.29, 0.717) is 5.75 Å². The molecule has 5 heteroatoms. The first-order valence-electron chi connectivity index (χ1n) is 6.64. The molecule has 2 aromatic rings. The average Bonchev–Trinajstić information content (AvgIpc) is 2.45. The highest BCUT2D eigenvalue weighted by molar-refractivity contribution is 7.88. The molecule has 2 rings (SSSR count). The number of ether oxygens (including phenoxy) is 1. The number of methoxy groups -OCH3 is 1. The minimum atomic E-state index is -3.36. The molecule has 0 heterocycles. The van der Waals surface area contributed by atoms with Crippen molar-refractivity contribution in [3.8, 4) is 5.75 Å². The molecule has 0 aliphatic rings. The van der Waals surface area contributed by atoms with Gasteiger partial charge in [0.15, 0.2) is 0 Å². The van der Waals surface area contributed by atoms with Gasteiger partial charge >= 0.3 is 0 Å². The van der Waals surface area contributed by atoms with Gasteiger partial charge in [-0.15, -0.1) is 0 Å². The van der Waals surface area contributed by atoms with Gasteiger partial charge in [0.05, 0.1) is 12.9 Å². The van der Waals surface area contributed by atoms with Crippen LogP contribution >= 0.6 is 0 Å². The van der Waals surface area contributed by atoms with Gasteiger partial charge in [-0.1, -0.05) is 42.0 Å². The van der Waals surface area contributed by atoms with Crippen LogP contribution in [-0.4, -0.2) is 15.5 Å². The van der Waals surface area contributed by atoms with Gasteiger partial charge in [0.1, 0.15) is 5.75 Å². The van der Waals surface area contributed by atoms with Crippen molar-refractivity contribution in [1.82, 2.24) is 4.72 Å². The Bertz CT molecular complexity index is 711. The summed E-state index contributed by atoms with van der Waals surface area (Å²) in [4.78, 5) is 0. The van der Waals surface area contributed by atoms with Gasteiger partial charge in [0.2, 0.25) is 10.0 Å². The second-order valence-corrected chi connectivity index (χ2v) is 6.73. The van der Waals surface area contributed by atoms with Crippen molar-refractivity contribution in [2.24, 2.45) is 0 Å². The molecule has 21 heavy (non-hydrogen) atoms. The molecule has 0 fully saturated rings. The number of hydrogen-bond donors (Lipinski definition) is 1. The summed E-state index contributed by atoms with van der Waals surface area (Å²) in [6.45, 7) is 2.20. The zero-order valence-corrected chi connectivity index (χ0v) is 13.0. The minimum absolute atomic E-state index is 0.0152. The number of benzene rings is 2. The Labute approximate surface area is 125 Å². The molecule has 0 bridgehead atoms. The van der Waals surface area contributed by atoms with Crippen molar-refractivity contribution >= 4 is 10.0 Å². The lowest BCUT2D eigenvalue weighted by molar-refractivity contribution is 0.414. The van der Waals surface area contributed by atoms with E-state index in [1.807, 2.05) is 55.5 Å². The average molecular weight is 305 g/mol. The molecular formula is C16H19NO3S. The molecule has 0 unspecified atom stereocenters. The molecule has 2 aromatic carbocycles. The maximum atomic E-state index is 12.1. The molecule has 112 valence electrons. The van der Waals surface area contributed by atoms with E-state index in [1.54, 1.807) is 7.11 Å². The van der Waals surface area contributed by atoms with Crippen LogP contribution in [0.25, 0.3) is 0 Å². The molecular weight excluding hydrogens is 286 g/mol. The van der Waals surface area contributed by atoms with E-state index < -0.39 is 10.0 Å². The first kappa shape index (κ1) is 15.5. The summed E-state index contributed by atoms with van der Waals surface area (Å²) in [6.07, 6.45) is 0. The molecule has 0 spiro atoms. The lowest BCUT2D eigenvalue weighted by atomic mass is 10.2. The van der Waals surface area contributed by atoms with Gasteiger partial charge in [-0.05, 0) is 30.2 Å². The fourth-order valence-electron chi connectivity index (χ4n) is 2.05. The topological polar surface area (TPSA) is 55.4 Å². The van der Waals surface area contributed by atoms with Crippen molar-refractivity contribution in [3.63, 3.8) is 0 Å². The van der Waals surface area contributed by atoms with Crippen LogP contribution in [0.5, 0.6) is 5.75 Å². The van der Waals surface area contributed by atoms with E-state index in [0.717, 1.165) is 16.7 Å². The first-order chi connectivity index (χ1) is 9.98. The quantitative estimate of drug-likeness (QED) is 0.892. The smallest absolute Gasteiger partial charge is 0.216 e. The Morgan fingerprint density at radius 2 is 1.76 bits per heavy atom. The first-order valence-corrected chi connectivity index (χ1v) is 8.29. The van der Waals surface area contributed by atoms with Crippen molar-refractivity contribution in [2.75, 3.05) is 7.11 Å². The number of aryl methyl sites for hydroxylation is 1. The molecule has 4 nitrogen and oxygen atoms in total. The third-order valence-corrected chi connectivity index (χ3v) is 4.37. The van der Waals surface area contributed by atoms with Gasteiger partial charge in [0, 0.05) is 6.54 Å². The highest BCUT2D eigenvalue weighted by atomic mass is 32.2. The summed E-state index contributed by atoms with van der Waals surface area (Å²) in [5.41, 5.74) is 2.70. The van der Waals surface area contributed by atoms with Gasteiger partial charge in [-0.3, -0.25) is 0 Å². The number of rotatable bonds is 6. The van der Waals surface area contributed by atoms with Crippen molar-refractivity contribution in [2.45, 2.75) is 19.2 Å². The fraction of sp³-hybridized carbons (Fsp3) is 0.250. The van der Waals surface area contributed by atoms with E-state index in [4.69, 9.17) is 4.74 Å². The van der Waals surface area contributed by atoms with Gasteiger partial charge < -0.3 is 4.74 Å². The summed E-state index contributed by atoms with van der Waals surface area (Å²) in [5.74, 6) is 0.698. The van der Waals surface area contributed by atoms with Crippen LogP contribution in [0.15, 0.2) is 48.5 Å². The fourth-order valence-corrected chi connectivity index (χ4v) is 3.16. The monoisotopic (exact) mass is 305 g/mol. The van der Waals surface area contributed by atoms with Crippen LogP contribution in [0.1, 0.15) is 16.7 Å². The number of hydrogen-bond acceptors (Lipinski definition) is 3. The maximum absolute atomic E-state index is 12.1. The van der Waals surface area contributed by atoms with Crippen molar-refractivity contribution in [1.29, 1.82) is 0 Å². The predicted molar refractivity (Wildman–Crippen MR) is 83.6 cm³/mol. The lowest BCUT2D eigenvalue weighted by Crippen LogP contribution is -2.24. The summed E-state index contributed by atoms with van der Waals surface area (Å²) < 4.78 is 31.9. The van der Waals surface area contributed by atoms with Crippen molar-refractivity contribution in [3.05, 3.63) is 65.2 Å². The normalized spacial score (nSPS) is 11.3. The van der Waals surface area contributed by atoms with E-state index >= 15 is 0 Å². The number of sulfonamides is 1. The van der Waals surface area contributed by atoms with Gasteiger partial charge in [-0.2, -0.15) is 0 Å². The molecule has 0 amide bonds. The molecule has 0 aliphatic carbocycles. The summed E-state index contributed by atoms with van der Waals surface area (Å²) in [6, 6.07) is 14.8. The highest BCUT2D eigenvalue weighted by Crippen LogP contribution is 2.13. The second-order valence-electron chi connectivity index (χ2n) is 4.92. The van der Waals surface area contributed by atoms with E-state index in [1.165, 1.54) is 0 Å². The van der Waals surface area contributed by atoms with Gasteiger partial charge in [-0.25, -0.2) is 13.1 Å². The standard InChI is InChI=1S/C16H19NO3S/c1-13-5-3-7-15(9-13)12-21(18,19)17-11-14-6-4-8-16(10-14)20-2/h3-10,17H,11-12H2,1-2H3. The molecule has 0 aliphatic heterocycles. The summed E-state index contributed by atoms with van der Waals surface area (Å²) in [7, 11) is -1.78. The largest absolute Gasteiger partial charge is 0.497 e. The van der Waals surface area contributed by atoms with Crippen LogP contribution in [0.3, 0.4) is 0 Å². The van der Waals surface area contributed by atoms with Crippen molar-refractivity contribution < 1.29 is 13.2 Å². The van der Waals surface area contributed by atoms with Crippen LogP contribution in [0.4, 0.5) is 0 Å². The van der Waals surface area contributed by atoms with E-state index in [9.17, 15) is 8.42 Å². The van der Waals surface area contributed by atoms with Crippen LogP contribution in [0, 0.1) is 6.92 Å². The molecule has 1 N–H and O–H groups in total. The molecule has 0 atom stereocenters. The Balaban J connectivity index is 2.01. The Kier molecular flexibility index (Phi) is 4.98. The third kappa shape index (κ3) is 4.88. The maximum Gasteiger partial charge on any atom is 0.216 e. The lowest BCUT2D eigenvalue weighted by Gasteiger charge is -2.08. The molecule has 0 radical (unpaired) electrons. The van der Waals surface area contributed by atoms with Crippen LogP contribution in [-0.2, 0) is 22.3 Å². The summed E-state index contributed by atoms with van der Waals surface area (Å²) >= 11 is 0. The molecule has 0 aromatic heterocycles. The third-order valence-electron chi connectivity index (χ3n) is 3.07. The Morgan fingerprint density at radius 3 is 2.48 bits per heavy atom. The highest BCUT2D eigenvalue weighted by Gasteiger charge is 2.11. The van der Waals surface area contributed by atoms with Crippen LogP contribution < -0.4 is 9.46 Å². The predicted octanol–water partition coefficient (Wildman–Crippen LogP) is 2.62. The minimum Gasteiger partial charge on any atom is -0.497 e. The number of nitrogens with one attached hydrogen (secondary N) is 1. The summed E-state index contributed by atoms with van der Waals surface area (Å²) in [5, 5.41) is 0. The molecule has 0 saturated heterocycles. The SMILES string of the molecule is COc1cccc(CNS(=O)(=O)Cc2cccc(C)c2)c1. The van der Waals surface area contributed by atoms with Crippen LogP contribution in [0.2, 0.25) is 0 Å². The van der Waals surface area contributed by atoms with E-state index in [2.05, 4.69) is 4.72 Å². The Hall–Kier alpha value is -1.85. The van der Waals surface area contributed by atoms with E-state index in [-0.39, 0.29) is 12.3 Å². The zero-order chi connectivity index (χ0) is 15.3.